The number of hydrazine groups is 1. The molecular formula is C17H31FN8O. The van der Waals surface area contributed by atoms with Crippen LogP contribution >= 0.6 is 0 Å². The van der Waals surface area contributed by atoms with E-state index in [2.05, 4.69) is 38.6 Å². The van der Waals surface area contributed by atoms with Gasteiger partial charge in [0.2, 0.25) is 5.91 Å². The number of carbonyl (C=O) groups is 1. The average Bonchev–Trinajstić information content (AvgIpc) is 2.97. The molecule has 4 heterocycles. The second-order valence-corrected chi connectivity index (χ2v) is 8.15. The maximum absolute atomic E-state index is 13.6. The van der Waals surface area contributed by atoms with Gasteiger partial charge in [-0.15, -0.1) is 0 Å². The van der Waals surface area contributed by atoms with Crippen molar-refractivity contribution in [2.45, 2.75) is 37.8 Å². The summed E-state index contributed by atoms with van der Waals surface area (Å²) >= 11 is 0. The molecule has 0 saturated carbocycles. The maximum Gasteiger partial charge on any atom is 0.234 e. The van der Waals surface area contributed by atoms with Crippen molar-refractivity contribution in [2.24, 2.45) is 28.5 Å². The first-order valence-electron chi connectivity index (χ1n) is 9.97. The highest BCUT2D eigenvalue weighted by Crippen LogP contribution is 2.25. The number of nitrogens with two attached hydrogens (primary N) is 1. The van der Waals surface area contributed by atoms with E-state index in [1.54, 1.807) is 5.01 Å². The fourth-order valence-electron chi connectivity index (χ4n) is 4.84. The fourth-order valence-corrected chi connectivity index (χ4v) is 4.84. The lowest BCUT2D eigenvalue weighted by atomic mass is 9.79. The van der Waals surface area contributed by atoms with Crippen molar-refractivity contribution in [2.75, 3.05) is 39.4 Å². The van der Waals surface area contributed by atoms with Crippen LogP contribution in [-0.4, -0.2) is 80.6 Å². The van der Waals surface area contributed by atoms with Crippen molar-refractivity contribution in [1.29, 1.82) is 0 Å². The molecule has 9 nitrogen and oxygen atoms in total. The van der Waals surface area contributed by atoms with Crippen LogP contribution in [0, 0.1) is 17.8 Å². The summed E-state index contributed by atoms with van der Waals surface area (Å²) in [6.45, 7) is 5.99. The monoisotopic (exact) mass is 382 g/mol. The summed E-state index contributed by atoms with van der Waals surface area (Å²) in [5.41, 5.74) is 9.12. The van der Waals surface area contributed by atoms with Crippen molar-refractivity contribution in [3.63, 3.8) is 0 Å². The summed E-state index contributed by atoms with van der Waals surface area (Å²) in [7, 11) is 0. The van der Waals surface area contributed by atoms with E-state index < -0.39 is 18.3 Å². The summed E-state index contributed by atoms with van der Waals surface area (Å²) in [5.74, 6) is 0.698. The van der Waals surface area contributed by atoms with Gasteiger partial charge in [0, 0.05) is 31.8 Å². The molecule has 3 fully saturated rings. The van der Waals surface area contributed by atoms with Crippen LogP contribution in [0.3, 0.4) is 0 Å². The molecule has 10 heteroatoms. The number of hydrogen-bond donors (Lipinski definition) is 6. The molecule has 7 atom stereocenters. The number of carbonyl (C=O) groups excluding carboxylic acids is 1. The number of piperidine rings is 1. The fraction of sp³-hybridized carbons (Fsp3) is 0.882. The molecule has 0 radical (unpaired) electrons. The average molecular weight is 382 g/mol. The zero-order valence-electron chi connectivity index (χ0n) is 15.7. The summed E-state index contributed by atoms with van der Waals surface area (Å²) < 4.78 is 13.6. The van der Waals surface area contributed by atoms with Gasteiger partial charge >= 0.3 is 0 Å². The van der Waals surface area contributed by atoms with E-state index in [-0.39, 0.29) is 25.0 Å². The lowest BCUT2D eigenvalue weighted by Crippen LogP contribution is -2.63. The summed E-state index contributed by atoms with van der Waals surface area (Å²) in [5, 5.41) is 15.1. The van der Waals surface area contributed by atoms with Gasteiger partial charge < -0.3 is 27.0 Å². The molecule has 7 unspecified atom stereocenters. The number of nitrogens with one attached hydrogen (secondary N) is 5. The molecule has 27 heavy (non-hydrogen) atoms. The Hall–Kier alpha value is -1.33. The van der Waals surface area contributed by atoms with Crippen molar-refractivity contribution in [3.05, 3.63) is 0 Å². The molecule has 0 aromatic carbocycles. The molecule has 3 saturated heterocycles. The highest BCUT2D eigenvalue weighted by Gasteiger charge is 2.45. The van der Waals surface area contributed by atoms with E-state index in [4.69, 9.17) is 5.73 Å². The Kier molecular flexibility index (Phi) is 5.60. The van der Waals surface area contributed by atoms with Gasteiger partial charge in [-0.3, -0.25) is 14.8 Å². The number of amides is 1. The molecular weight excluding hydrogens is 351 g/mol. The van der Waals surface area contributed by atoms with Crippen molar-refractivity contribution >= 4 is 11.7 Å². The largest absolute Gasteiger partial charge is 0.351 e. The Morgan fingerprint density at radius 1 is 1.37 bits per heavy atom. The van der Waals surface area contributed by atoms with Crippen LogP contribution in [0.25, 0.3) is 0 Å². The van der Waals surface area contributed by atoms with Crippen LogP contribution in [0.5, 0.6) is 0 Å². The van der Waals surface area contributed by atoms with Gasteiger partial charge in [0.25, 0.3) is 0 Å². The van der Waals surface area contributed by atoms with Gasteiger partial charge in [-0.1, -0.05) is 6.92 Å². The zero-order valence-corrected chi connectivity index (χ0v) is 15.7. The van der Waals surface area contributed by atoms with Crippen LogP contribution in [0.15, 0.2) is 4.99 Å². The Balaban J connectivity index is 1.46. The number of rotatable bonds is 3. The Labute approximate surface area is 159 Å². The van der Waals surface area contributed by atoms with E-state index in [9.17, 15) is 9.18 Å². The van der Waals surface area contributed by atoms with Crippen LogP contribution in [-0.2, 0) is 4.79 Å². The molecule has 4 aliphatic heterocycles. The number of nitrogens with zero attached hydrogens (tertiary/aromatic N) is 2. The van der Waals surface area contributed by atoms with Gasteiger partial charge in [-0.25, -0.2) is 9.82 Å². The third-order valence-corrected chi connectivity index (χ3v) is 6.20. The standard InChI is InChI=1S/C17H31FN8O/c1-9-4-21-8-23-14(9)11-2-3-20-6-12(11)24-17(27)13-15(19)25-26-7-10(18)5-22-16(13)26/h9-15,20-21,23,25H,2-8,19H2,1H3,(H,24,27). The molecule has 4 rings (SSSR count). The Bertz CT molecular complexity index is 589. The third-order valence-electron chi connectivity index (χ3n) is 6.20. The maximum atomic E-state index is 13.6. The van der Waals surface area contributed by atoms with E-state index in [1.807, 2.05) is 0 Å². The topological polar surface area (TPSA) is 119 Å². The Morgan fingerprint density at radius 2 is 2.22 bits per heavy atom. The van der Waals surface area contributed by atoms with Gasteiger partial charge in [-0.2, -0.15) is 0 Å². The van der Waals surface area contributed by atoms with Gasteiger partial charge in [0.05, 0.1) is 19.3 Å². The van der Waals surface area contributed by atoms with Gasteiger partial charge in [-0.05, 0) is 24.8 Å². The molecule has 0 aliphatic carbocycles. The number of hydrogen-bond acceptors (Lipinski definition) is 8. The lowest BCUT2D eigenvalue weighted by Gasteiger charge is -2.43. The summed E-state index contributed by atoms with van der Waals surface area (Å²) in [4.78, 5) is 17.3. The second-order valence-electron chi connectivity index (χ2n) is 8.15. The van der Waals surface area contributed by atoms with E-state index in [0.717, 1.165) is 32.7 Å². The molecule has 0 aromatic rings. The molecule has 0 bridgehead atoms. The highest BCUT2D eigenvalue weighted by molar-refractivity contribution is 6.05. The molecule has 7 N–H and O–H groups in total. The van der Waals surface area contributed by atoms with Crippen LogP contribution < -0.4 is 32.4 Å². The second kappa shape index (κ2) is 7.96. The predicted octanol–water partition coefficient (Wildman–Crippen LogP) is -2.29. The van der Waals surface area contributed by atoms with Gasteiger partial charge in [0.1, 0.15) is 17.9 Å². The molecule has 1 amide bonds. The number of amidine groups is 1. The first-order valence-corrected chi connectivity index (χ1v) is 9.97. The van der Waals surface area contributed by atoms with Gasteiger partial charge in [0.15, 0.2) is 0 Å². The SMILES string of the molecule is CC1CNCNC1C1CCNCC1NC(=O)C1C2=NCC(F)CN2NC1N. The van der Waals surface area contributed by atoms with Crippen molar-refractivity contribution < 1.29 is 9.18 Å². The minimum Gasteiger partial charge on any atom is -0.351 e. The molecule has 0 spiro atoms. The minimum absolute atomic E-state index is 0.0312. The van der Waals surface area contributed by atoms with E-state index in [0.29, 0.717) is 23.7 Å². The molecule has 152 valence electrons. The number of halogens is 1. The lowest BCUT2D eigenvalue weighted by molar-refractivity contribution is -0.124. The van der Waals surface area contributed by atoms with Crippen LogP contribution in [0.1, 0.15) is 13.3 Å². The minimum atomic E-state index is -1.03. The van der Waals surface area contributed by atoms with E-state index >= 15 is 0 Å². The number of alkyl halides is 1. The zero-order chi connectivity index (χ0) is 19.0. The smallest absolute Gasteiger partial charge is 0.234 e. The first kappa shape index (κ1) is 19.0. The highest BCUT2D eigenvalue weighted by atomic mass is 19.1. The molecule has 4 aliphatic rings. The summed E-state index contributed by atoms with van der Waals surface area (Å²) in [6, 6.07) is 0.397. The van der Waals surface area contributed by atoms with Crippen molar-refractivity contribution in [1.82, 2.24) is 31.7 Å². The normalized spacial score (nSPS) is 42.4. The first-order chi connectivity index (χ1) is 13.0. The summed E-state index contributed by atoms with van der Waals surface area (Å²) in [6.07, 6.45) is -0.604. The Morgan fingerprint density at radius 3 is 3.04 bits per heavy atom. The number of aliphatic imine (C=N–C) groups is 1. The molecule has 0 aromatic heterocycles. The van der Waals surface area contributed by atoms with Crippen LogP contribution in [0.4, 0.5) is 4.39 Å². The predicted molar refractivity (Wildman–Crippen MR) is 100 cm³/mol. The third kappa shape index (κ3) is 3.81. The van der Waals surface area contributed by atoms with Crippen molar-refractivity contribution in [3.8, 4) is 0 Å². The van der Waals surface area contributed by atoms with Crippen LogP contribution in [0.2, 0.25) is 0 Å². The van der Waals surface area contributed by atoms with E-state index in [1.165, 1.54) is 0 Å². The quantitative estimate of drug-likeness (QED) is 0.325. The number of fused-ring (bicyclic) bond motifs is 1.